The maximum Gasteiger partial charge on any atom is 0.0235 e. The zero-order chi connectivity index (χ0) is 11.1. The maximum atomic E-state index is 3.53. The molecule has 1 N–H and O–H groups in total. The third kappa shape index (κ3) is 1.89. The lowest BCUT2D eigenvalue weighted by Gasteiger charge is -2.26. The van der Waals surface area contributed by atoms with Gasteiger partial charge in [-0.05, 0) is 45.2 Å². The Hall–Kier alpha value is -0.120. The summed E-state index contributed by atoms with van der Waals surface area (Å²) in [6.07, 6.45) is 1.39. The highest BCUT2D eigenvalue weighted by molar-refractivity contribution is 4.96. The zero-order valence-electron chi connectivity index (χ0n) is 10.7. The van der Waals surface area contributed by atoms with Crippen LogP contribution in [-0.4, -0.2) is 61.2 Å². The van der Waals surface area contributed by atoms with E-state index in [1.54, 1.807) is 0 Å². The standard InChI is InChI=1S/C13H25N3/c1-10(2)15-4-3-13(9-15)16-7-11-5-14-6-12(11)8-16/h10-14H,3-9H2,1-2H3. The molecule has 92 valence electrons. The average molecular weight is 223 g/mol. The van der Waals surface area contributed by atoms with Crippen LogP contribution >= 0.6 is 0 Å². The summed E-state index contributed by atoms with van der Waals surface area (Å²) in [5.74, 6) is 1.90. The normalized spacial score (nSPS) is 41.1. The summed E-state index contributed by atoms with van der Waals surface area (Å²) in [6, 6.07) is 1.58. The second-order valence-electron chi connectivity index (χ2n) is 6.16. The van der Waals surface area contributed by atoms with E-state index in [1.807, 2.05) is 0 Å². The van der Waals surface area contributed by atoms with Gasteiger partial charge >= 0.3 is 0 Å². The van der Waals surface area contributed by atoms with Crippen LogP contribution in [0.2, 0.25) is 0 Å². The van der Waals surface area contributed by atoms with Gasteiger partial charge in [-0.1, -0.05) is 0 Å². The van der Waals surface area contributed by atoms with Crippen molar-refractivity contribution in [1.29, 1.82) is 0 Å². The number of hydrogen-bond donors (Lipinski definition) is 1. The Morgan fingerprint density at radius 2 is 1.75 bits per heavy atom. The summed E-state index contributed by atoms with van der Waals surface area (Å²) in [4.78, 5) is 5.41. The fraction of sp³-hybridized carbons (Fsp3) is 1.00. The fourth-order valence-corrected chi connectivity index (χ4v) is 3.72. The molecular formula is C13H25N3. The predicted molar refractivity (Wildman–Crippen MR) is 66.5 cm³/mol. The van der Waals surface area contributed by atoms with Crippen molar-refractivity contribution in [3.8, 4) is 0 Å². The SMILES string of the molecule is CC(C)N1CCC(N2CC3CNCC3C2)C1. The topological polar surface area (TPSA) is 18.5 Å². The minimum absolute atomic E-state index is 0.730. The number of likely N-dealkylation sites (tertiary alicyclic amines) is 2. The van der Waals surface area contributed by atoms with Gasteiger partial charge in [0, 0.05) is 38.3 Å². The highest BCUT2D eigenvalue weighted by Crippen LogP contribution is 2.30. The first-order chi connectivity index (χ1) is 7.74. The molecule has 0 aromatic heterocycles. The van der Waals surface area contributed by atoms with Gasteiger partial charge in [0.2, 0.25) is 0 Å². The van der Waals surface area contributed by atoms with Crippen molar-refractivity contribution in [3.63, 3.8) is 0 Å². The van der Waals surface area contributed by atoms with Crippen LogP contribution < -0.4 is 5.32 Å². The van der Waals surface area contributed by atoms with Crippen LogP contribution in [0.5, 0.6) is 0 Å². The van der Waals surface area contributed by atoms with Gasteiger partial charge in [-0.15, -0.1) is 0 Å². The number of hydrogen-bond acceptors (Lipinski definition) is 3. The monoisotopic (exact) mass is 223 g/mol. The molecule has 0 spiro atoms. The van der Waals surface area contributed by atoms with Gasteiger partial charge < -0.3 is 5.32 Å². The van der Waals surface area contributed by atoms with E-state index >= 15 is 0 Å². The smallest absolute Gasteiger partial charge is 0.0235 e. The predicted octanol–water partition coefficient (Wildman–Crippen LogP) is 0.620. The summed E-state index contributed by atoms with van der Waals surface area (Å²) >= 11 is 0. The van der Waals surface area contributed by atoms with Crippen molar-refractivity contribution in [2.75, 3.05) is 39.3 Å². The Bertz CT molecular complexity index is 242. The Kier molecular flexibility index (Phi) is 2.94. The molecule has 3 rings (SSSR count). The Balaban J connectivity index is 1.56. The Morgan fingerprint density at radius 3 is 2.31 bits per heavy atom. The first-order valence-corrected chi connectivity index (χ1v) is 6.93. The van der Waals surface area contributed by atoms with Crippen molar-refractivity contribution in [2.45, 2.75) is 32.4 Å². The van der Waals surface area contributed by atoms with Crippen LogP contribution in [-0.2, 0) is 0 Å². The third-order valence-electron chi connectivity index (χ3n) is 4.86. The molecule has 3 fully saturated rings. The molecular weight excluding hydrogens is 198 g/mol. The molecule has 3 saturated heterocycles. The number of nitrogens with zero attached hydrogens (tertiary/aromatic N) is 2. The van der Waals surface area contributed by atoms with Crippen molar-refractivity contribution < 1.29 is 0 Å². The van der Waals surface area contributed by atoms with E-state index < -0.39 is 0 Å². The average Bonchev–Trinajstić information content (AvgIpc) is 2.91. The molecule has 0 aromatic rings. The van der Waals surface area contributed by atoms with Crippen molar-refractivity contribution in [2.24, 2.45) is 11.8 Å². The van der Waals surface area contributed by atoms with E-state index in [4.69, 9.17) is 0 Å². The molecule has 3 heterocycles. The van der Waals surface area contributed by atoms with E-state index in [0.29, 0.717) is 0 Å². The lowest BCUT2D eigenvalue weighted by molar-refractivity contribution is 0.204. The molecule has 16 heavy (non-hydrogen) atoms. The molecule has 3 heteroatoms. The first kappa shape index (κ1) is 11.0. The summed E-state index contributed by atoms with van der Waals surface area (Å²) in [6.45, 7) is 12.5. The molecule has 0 amide bonds. The van der Waals surface area contributed by atoms with Gasteiger partial charge in [-0.2, -0.15) is 0 Å². The second kappa shape index (κ2) is 4.28. The molecule has 3 atom stereocenters. The first-order valence-electron chi connectivity index (χ1n) is 6.93. The molecule has 3 aliphatic rings. The van der Waals surface area contributed by atoms with E-state index in [-0.39, 0.29) is 0 Å². The Morgan fingerprint density at radius 1 is 1.06 bits per heavy atom. The number of fused-ring (bicyclic) bond motifs is 1. The molecule has 0 aliphatic carbocycles. The molecule has 0 aromatic carbocycles. The zero-order valence-corrected chi connectivity index (χ0v) is 10.7. The van der Waals surface area contributed by atoms with Crippen molar-refractivity contribution in [3.05, 3.63) is 0 Å². The van der Waals surface area contributed by atoms with Crippen LogP contribution in [0.15, 0.2) is 0 Å². The molecule has 3 nitrogen and oxygen atoms in total. The fourth-order valence-electron chi connectivity index (χ4n) is 3.72. The third-order valence-corrected chi connectivity index (χ3v) is 4.86. The number of rotatable bonds is 2. The van der Waals surface area contributed by atoms with Crippen LogP contribution in [0.1, 0.15) is 20.3 Å². The van der Waals surface area contributed by atoms with E-state index in [1.165, 1.54) is 45.7 Å². The van der Waals surface area contributed by atoms with Gasteiger partial charge in [0.15, 0.2) is 0 Å². The lowest BCUT2D eigenvalue weighted by atomic mass is 10.0. The maximum absolute atomic E-state index is 3.53. The van der Waals surface area contributed by atoms with Gasteiger partial charge in [-0.25, -0.2) is 0 Å². The van der Waals surface area contributed by atoms with E-state index in [0.717, 1.165) is 23.9 Å². The summed E-state index contributed by atoms with van der Waals surface area (Å²) < 4.78 is 0. The Labute approximate surface area is 99.2 Å². The largest absolute Gasteiger partial charge is 0.316 e. The molecule has 3 aliphatic heterocycles. The minimum atomic E-state index is 0.730. The quantitative estimate of drug-likeness (QED) is 0.740. The summed E-state index contributed by atoms with van der Waals surface area (Å²) in [7, 11) is 0. The minimum Gasteiger partial charge on any atom is -0.316 e. The van der Waals surface area contributed by atoms with Gasteiger partial charge in [0.25, 0.3) is 0 Å². The summed E-state index contributed by atoms with van der Waals surface area (Å²) in [5.41, 5.74) is 0. The number of nitrogens with one attached hydrogen (secondary N) is 1. The van der Waals surface area contributed by atoms with Gasteiger partial charge in [0.1, 0.15) is 0 Å². The highest BCUT2D eigenvalue weighted by Gasteiger charge is 2.40. The van der Waals surface area contributed by atoms with Crippen molar-refractivity contribution >= 4 is 0 Å². The highest BCUT2D eigenvalue weighted by atomic mass is 15.3. The van der Waals surface area contributed by atoms with Crippen LogP contribution in [0.25, 0.3) is 0 Å². The van der Waals surface area contributed by atoms with E-state index in [9.17, 15) is 0 Å². The van der Waals surface area contributed by atoms with Crippen LogP contribution in [0.3, 0.4) is 0 Å². The van der Waals surface area contributed by atoms with Crippen LogP contribution in [0.4, 0.5) is 0 Å². The van der Waals surface area contributed by atoms with Gasteiger partial charge in [0.05, 0.1) is 0 Å². The van der Waals surface area contributed by atoms with Gasteiger partial charge in [-0.3, -0.25) is 9.80 Å². The van der Waals surface area contributed by atoms with E-state index in [2.05, 4.69) is 29.0 Å². The van der Waals surface area contributed by atoms with Crippen molar-refractivity contribution in [1.82, 2.24) is 15.1 Å². The lowest BCUT2D eigenvalue weighted by Crippen LogP contribution is -2.39. The molecule has 0 bridgehead atoms. The summed E-state index contributed by atoms with van der Waals surface area (Å²) in [5, 5.41) is 3.53. The molecule has 0 saturated carbocycles. The second-order valence-corrected chi connectivity index (χ2v) is 6.16. The molecule has 0 radical (unpaired) electrons. The molecule has 3 unspecified atom stereocenters. The van der Waals surface area contributed by atoms with Crippen LogP contribution in [0, 0.1) is 11.8 Å².